The minimum absolute atomic E-state index is 0.108. The van der Waals surface area contributed by atoms with Gasteiger partial charge in [-0.25, -0.2) is 4.98 Å². The van der Waals surface area contributed by atoms with Crippen LogP contribution in [-0.2, 0) is 4.79 Å². The van der Waals surface area contributed by atoms with Gasteiger partial charge < -0.3 is 20.9 Å². The number of hydrogen-bond donors (Lipinski definition) is 3. The molecule has 1 aliphatic rings. The van der Waals surface area contributed by atoms with E-state index < -0.39 is 0 Å². The van der Waals surface area contributed by atoms with E-state index in [0.29, 0.717) is 16.7 Å². The van der Waals surface area contributed by atoms with Crippen LogP contribution in [0.4, 0.5) is 11.5 Å². The molecule has 1 fully saturated rings. The summed E-state index contributed by atoms with van der Waals surface area (Å²) in [6.45, 7) is 1.73. The fourth-order valence-electron chi connectivity index (χ4n) is 2.87. The number of nitrogens with one attached hydrogen (secondary N) is 3. The highest BCUT2D eigenvalue weighted by molar-refractivity contribution is 6.32. The maximum atomic E-state index is 12.0. The van der Waals surface area contributed by atoms with Crippen molar-refractivity contribution < 1.29 is 4.79 Å². The molecule has 1 amide bonds. The van der Waals surface area contributed by atoms with Crippen molar-refractivity contribution in [1.82, 2.24) is 20.6 Å². The molecule has 0 radical (unpaired) electrons. The second-order valence-corrected chi connectivity index (χ2v) is 6.51. The van der Waals surface area contributed by atoms with Gasteiger partial charge in [-0.05, 0) is 30.7 Å². The van der Waals surface area contributed by atoms with Crippen LogP contribution in [0.3, 0.4) is 0 Å². The molecule has 1 atom stereocenters. The highest BCUT2D eigenvalue weighted by Crippen LogP contribution is 2.25. The normalized spacial score (nSPS) is 16.9. The molecule has 9 heteroatoms. The molecule has 2 aromatic heterocycles. The maximum absolute atomic E-state index is 12.0. The van der Waals surface area contributed by atoms with Gasteiger partial charge in [0.1, 0.15) is 5.82 Å². The topological polar surface area (TPSA) is 94.5 Å². The first-order valence-electron chi connectivity index (χ1n) is 8.68. The molecule has 0 aromatic carbocycles. The van der Waals surface area contributed by atoms with Crippen molar-refractivity contribution in [3.8, 4) is 0 Å². The fraction of sp³-hybridized carbons (Fsp3) is 0.333. The van der Waals surface area contributed by atoms with Gasteiger partial charge in [0.15, 0.2) is 5.96 Å². The molecule has 8 nitrogen and oxygen atoms in total. The summed E-state index contributed by atoms with van der Waals surface area (Å²) in [6.07, 6.45) is 5.92. The molecule has 2 aromatic rings. The van der Waals surface area contributed by atoms with Crippen molar-refractivity contribution in [1.29, 1.82) is 0 Å². The number of guanidine groups is 1. The summed E-state index contributed by atoms with van der Waals surface area (Å²) in [5.41, 5.74) is 0.658. The molecule has 27 heavy (non-hydrogen) atoms. The van der Waals surface area contributed by atoms with E-state index >= 15 is 0 Å². The lowest BCUT2D eigenvalue weighted by Gasteiger charge is -2.20. The molecule has 3 heterocycles. The van der Waals surface area contributed by atoms with Crippen molar-refractivity contribution in [2.45, 2.75) is 12.5 Å². The Bertz CT molecular complexity index is 799. The Labute approximate surface area is 163 Å². The first-order chi connectivity index (χ1) is 13.2. The fourth-order valence-corrected chi connectivity index (χ4v) is 3.12. The predicted octanol–water partition coefficient (Wildman–Crippen LogP) is 1.51. The Balaban J connectivity index is 1.47. The van der Waals surface area contributed by atoms with Crippen LogP contribution >= 0.6 is 11.6 Å². The van der Waals surface area contributed by atoms with Crippen LogP contribution in [0, 0.1) is 0 Å². The average molecular weight is 388 g/mol. The Morgan fingerprint density at radius 3 is 2.96 bits per heavy atom. The minimum Gasteiger partial charge on any atom is -0.353 e. The number of halogens is 1. The Kier molecular flexibility index (Phi) is 6.43. The van der Waals surface area contributed by atoms with Crippen LogP contribution in [0.25, 0.3) is 0 Å². The quantitative estimate of drug-likeness (QED) is 0.532. The predicted molar refractivity (Wildman–Crippen MR) is 107 cm³/mol. The maximum Gasteiger partial charge on any atom is 0.243 e. The second-order valence-electron chi connectivity index (χ2n) is 6.10. The lowest BCUT2D eigenvalue weighted by atomic mass is 10.3. The van der Waals surface area contributed by atoms with Gasteiger partial charge in [-0.1, -0.05) is 11.6 Å². The number of anilines is 2. The standard InChI is InChI=1S/C18H22ClN7O/c1-20-18(23-11-16(27)24-13-4-2-7-21-10-13)25-14-6-9-26(12-14)17-15(19)5-3-8-22-17/h2-5,7-8,10,14H,6,9,11-12H2,1H3,(H,24,27)(H2,20,23,25). The zero-order valence-corrected chi connectivity index (χ0v) is 15.8. The molecular weight excluding hydrogens is 366 g/mol. The van der Waals surface area contributed by atoms with E-state index in [2.05, 4.69) is 35.8 Å². The Morgan fingerprint density at radius 1 is 1.37 bits per heavy atom. The molecule has 1 saturated heterocycles. The van der Waals surface area contributed by atoms with Gasteiger partial charge in [0, 0.05) is 38.6 Å². The van der Waals surface area contributed by atoms with Gasteiger partial charge in [0.05, 0.1) is 23.5 Å². The number of hydrogen-bond acceptors (Lipinski definition) is 5. The third kappa shape index (κ3) is 5.30. The van der Waals surface area contributed by atoms with E-state index in [9.17, 15) is 4.79 Å². The highest BCUT2D eigenvalue weighted by Gasteiger charge is 2.25. The zero-order chi connectivity index (χ0) is 19.1. The van der Waals surface area contributed by atoms with Crippen LogP contribution in [-0.4, -0.2) is 54.6 Å². The number of carbonyl (C=O) groups excluding carboxylic acids is 1. The van der Waals surface area contributed by atoms with Crippen molar-refractivity contribution in [3.05, 3.63) is 47.9 Å². The number of aliphatic imine (C=N–C) groups is 1. The SMILES string of the molecule is CN=C(NCC(=O)Nc1cccnc1)NC1CCN(c2ncccc2Cl)C1. The van der Waals surface area contributed by atoms with Crippen molar-refractivity contribution >= 4 is 35.0 Å². The summed E-state index contributed by atoms with van der Waals surface area (Å²) < 4.78 is 0. The smallest absolute Gasteiger partial charge is 0.243 e. The van der Waals surface area contributed by atoms with E-state index in [1.165, 1.54) is 0 Å². The number of rotatable bonds is 5. The van der Waals surface area contributed by atoms with Crippen LogP contribution in [0.15, 0.2) is 47.8 Å². The van der Waals surface area contributed by atoms with E-state index in [4.69, 9.17) is 11.6 Å². The molecule has 3 rings (SSSR count). The molecular formula is C18H22ClN7O. The summed E-state index contributed by atoms with van der Waals surface area (Å²) >= 11 is 6.23. The summed E-state index contributed by atoms with van der Waals surface area (Å²) in [7, 11) is 1.68. The molecule has 0 saturated carbocycles. The largest absolute Gasteiger partial charge is 0.353 e. The van der Waals surface area contributed by atoms with Crippen LogP contribution in [0.2, 0.25) is 5.02 Å². The van der Waals surface area contributed by atoms with Crippen LogP contribution in [0.1, 0.15) is 6.42 Å². The lowest BCUT2D eigenvalue weighted by molar-refractivity contribution is -0.115. The number of nitrogens with zero attached hydrogens (tertiary/aromatic N) is 4. The summed E-state index contributed by atoms with van der Waals surface area (Å²) in [5, 5.41) is 9.78. The van der Waals surface area contributed by atoms with E-state index in [1.807, 2.05) is 12.1 Å². The molecule has 1 unspecified atom stereocenters. The van der Waals surface area contributed by atoms with Crippen molar-refractivity contribution in [3.63, 3.8) is 0 Å². The molecule has 0 aliphatic carbocycles. The number of carbonyl (C=O) groups is 1. The number of pyridine rings is 2. The van der Waals surface area contributed by atoms with E-state index in [1.54, 1.807) is 37.8 Å². The highest BCUT2D eigenvalue weighted by atomic mass is 35.5. The molecule has 3 N–H and O–H groups in total. The first kappa shape index (κ1) is 18.9. The third-order valence-electron chi connectivity index (χ3n) is 4.15. The van der Waals surface area contributed by atoms with Crippen LogP contribution in [0.5, 0.6) is 0 Å². The molecule has 0 spiro atoms. The number of aromatic nitrogens is 2. The molecule has 0 bridgehead atoms. The van der Waals surface area contributed by atoms with E-state index in [0.717, 1.165) is 25.3 Å². The van der Waals surface area contributed by atoms with Gasteiger partial charge in [0.25, 0.3) is 0 Å². The Morgan fingerprint density at radius 2 is 2.22 bits per heavy atom. The Hall–Kier alpha value is -2.87. The monoisotopic (exact) mass is 387 g/mol. The summed E-state index contributed by atoms with van der Waals surface area (Å²) in [4.78, 5) is 26.7. The van der Waals surface area contributed by atoms with Gasteiger partial charge in [-0.2, -0.15) is 0 Å². The lowest BCUT2D eigenvalue weighted by Crippen LogP contribution is -2.46. The first-order valence-corrected chi connectivity index (χ1v) is 9.06. The zero-order valence-electron chi connectivity index (χ0n) is 15.0. The average Bonchev–Trinajstić information content (AvgIpc) is 3.14. The number of amides is 1. The summed E-state index contributed by atoms with van der Waals surface area (Å²) in [6, 6.07) is 7.40. The summed E-state index contributed by atoms with van der Waals surface area (Å²) in [5.74, 6) is 1.21. The second kappa shape index (κ2) is 9.18. The van der Waals surface area contributed by atoms with Crippen molar-refractivity contribution in [2.75, 3.05) is 36.9 Å². The molecule has 142 valence electrons. The van der Waals surface area contributed by atoms with Crippen LogP contribution < -0.4 is 20.9 Å². The van der Waals surface area contributed by atoms with Gasteiger partial charge in [-0.15, -0.1) is 0 Å². The molecule has 1 aliphatic heterocycles. The van der Waals surface area contributed by atoms with Crippen molar-refractivity contribution in [2.24, 2.45) is 4.99 Å². The third-order valence-corrected chi connectivity index (χ3v) is 4.45. The van der Waals surface area contributed by atoms with Gasteiger partial charge in [0.2, 0.25) is 5.91 Å². The van der Waals surface area contributed by atoms with E-state index in [-0.39, 0.29) is 18.5 Å². The van der Waals surface area contributed by atoms with Gasteiger partial charge in [-0.3, -0.25) is 14.8 Å². The van der Waals surface area contributed by atoms with Gasteiger partial charge >= 0.3 is 0 Å². The minimum atomic E-state index is -0.167.